The van der Waals surface area contributed by atoms with Crippen LogP contribution >= 0.6 is 0 Å². The molecular formula is C12H13F3N2O3. The molecule has 0 unspecified atom stereocenters. The first-order chi connectivity index (χ1) is 9.37. The van der Waals surface area contributed by atoms with Gasteiger partial charge >= 0.3 is 12.5 Å². The van der Waals surface area contributed by atoms with Gasteiger partial charge in [0.25, 0.3) is 0 Å². The van der Waals surface area contributed by atoms with Crippen molar-refractivity contribution in [3.05, 3.63) is 24.3 Å². The zero-order valence-corrected chi connectivity index (χ0v) is 10.4. The molecule has 0 atom stereocenters. The van der Waals surface area contributed by atoms with Crippen LogP contribution in [0.25, 0.3) is 0 Å². The van der Waals surface area contributed by atoms with Crippen molar-refractivity contribution in [2.24, 2.45) is 0 Å². The van der Waals surface area contributed by atoms with Crippen LogP contribution in [0, 0.1) is 0 Å². The normalized spacial score (nSPS) is 16.1. The third-order valence-electron chi connectivity index (χ3n) is 2.98. The van der Waals surface area contributed by atoms with Crippen molar-refractivity contribution in [1.82, 2.24) is 4.90 Å². The topological polar surface area (TPSA) is 53.0 Å². The van der Waals surface area contributed by atoms with Gasteiger partial charge in [-0.25, -0.2) is 4.79 Å². The van der Waals surface area contributed by atoms with Crippen LogP contribution in [0.5, 0.6) is 5.75 Å². The van der Waals surface area contributed by atoms with E-state index >= 15 is 0 Å². The molecule has 0 spiro atoms. The molecule has 1 N–H and O–H groups in total. The summed E-state index contributed by atoms with van der Waals surface area (Å²) >= 11 is 0. The summed E-state index contributed by atoms with van der Waals surface area (Å²) in [5.74, 6) is -0.274. The molecule has 1 heterocycles. The van der Waals surface area contributed by atoms with Gasteiger partial charge in [-0.2, -0.15) is 0 Å². The van der Waals surface area contributed by atoms with Crippen LogP contribution in [0.4, 0.5) is 23.7 Å². The monoisotopic (exact) mass is 290 g/mol. The molecule has 1 aromatic rings. The highest BCUT2D eigenvalue weighted by Crippen LogP contribution is 2.33. The van der Waals surface area contributed by atoms with Crippen LogP contribution in [-0.4, -0.2) is 48.6 Å². The number of carboxylic acid groups (broad SMARTS) is 1. The number of piperazine rings is 1. The van der Waals surface area contributed by atoms with E-state index < -0.39 is 12.5 Å². The van der Waals surface area contributed by atoms with Gasteiger partial charge in [-0.3, -0.25) is 0 Å². The summed E-state index contributed by atoms with van der Waals surface area (Å²) < 4.78 is 41.0. The Morgan fingerprint density at radius 2 is 1.75 bits per heavy atom. The van der Waals surface area contributed by atoms with E-state index in [1.54, 1.807) is 11.0 Å². The number of hydrogen-bond acceptors (Lipinski definition) is 3. The minimum absolute atomic E-state index is 0.246. The van der Waals surface area contributed by atoms with E-state index in [0.717, 1.165) is 0 Å². The van der Waals surface area contributed by atoms with E-state index in [9.17, 15) is 18.0 Å². The summed E-state index contributed by atoms with van der Waals surface area (Å²) in [6, 6.07) is 5.84. The number of hydrogen-bond donors (Lipinski definition) is 1. The van der Waals surface area contributed by atoms with Gasteiger partial charge in [0.2, 0.25) is 0 Å². The minimum Gasteiger partial charge on any atom is -0.465 e. The van der Waals surface area contributed by atoms with Crippen molar-refractivity contribution in [3.63, 3.8) is 0 Å². The highest BCUT2D eigenvalue weighted by molar-refractivity contribution is 5.66. The molecule has 1 fully saturated rings. The third kappa shape index (κ3) is 3.46. The number of anilines is 1. The molecule has 1 aliphatic heterocycles. The fourth-order valence-electron chi connectivity index (χ4n) is 2.07. The molecule has 5 nitrogen and oxygen atoms in total. The van der Waals surface area contributed by atoms with Crippen molar-refractivity contribution < 1.29 is 27.8 Å². The van der Waals surface area contributed by atoms with Gasteiger partial charge in [0.1, 0.15) is 0 Å². The molecule has 0 aromatic heterocycles. The van der Waals surface area contributed by atoms with Crippen molar-refractivity contribution in [2.75, 3.05) is 31.1 Å². The Hall–Kier alpha value is -2.12. The number of para-hydroxylation sites is 2. The van der Waals surface area contributed by atoms with Gasteiger partial charge in [0, 0.05) is 26.2 Å². The maximum absolute atomic E-state index is 12.3. The molecule has 0 bridgehead atoms. The van der Waals surface area contributed by atoms with Crippen LogP contribution in [0.2, 0.25) is 0 Å². The van der Waals surface area contributed by atoms with Crippen LogP contribution in [-0.2, 0) is 0 Å². The van der Waals surface area contributed by atoms with Crippen LogP contribution in [0.3, 0.4) is 0 Å². The first-order valence-electron chi connectivity index (χ1n) is 5.94. The highest BCUT2D eigenvalue weighted by atomic mass is 19.4. The maximum atomic E-state index is 12.3. The molecular weight excluding hydrogens is 277 g/mol. The number of benzene rings is 1. The van der Waals surface area contributed by atoms with Crippen molar-refractivity contribution in [2.45, 2.75) is 6.36 Å². The quantitative estimate of drug-likeness (QED) is 0.908. The molecule has 1 aromatic carbocycles. The SMILES string of the molecule is O=C(O)N1CCN(c2ccccc2OC(F)(F)F)CC1. The Labute approximate surface area is 113 Å². The van der Waals surface area contributed by atoms with E-state index in [1.165, 1.54) is 23.1 Å². The number of ether oxygens (including phenoxy) is 1. The molecule has 1 amide bonds. The number of nitrogens with zero attached hydrogens (tertiary/aromatic N) is 2. The van der Waals surface area contributed by atoms with Gasteiger partial charge in [0.15, 0.2) is 5.75 Å². The number of amides is 1. The summed E-state index contributed by atoms with van der Waals surface area (Å²) in [6.45, 7) is 1.14. The Balaban J connectivity index is 2.12. The van der Waals surface area contributed by atoms with Crippen molar-refractivity contribution in [3.8, 4) is 5.75 Å². The smallest absolute Gasteiger partial charge is 0.465 e. The summed E-state index contributed by atoms with van der Waals surface area (Å²) in [7, 11) is 0. The standard InChI is InChI=1S/C12H13F3N2O3/c13-12(14,15)20-10-4-2-1-3-9(10)16-5-7-17(8-6-16)11(18)19/h1-4H,5-8H2,(H,18,19). The highest BCUT2D eigenvalue weighted by Gasteiger charge is 2.33. The first-order valence-corrected chi connectivity index (χ1v) is 5.94. The number of rotatable bonds is 2. The van der Waals surface area contributed by atoms with Crippen LogP contribution in [0.1, 0.15) is 0 Å². The summed E-state index contributed by atoms with van der Waals surface area (Å²) in [6.07, 6.45) is -5.77. The summed E-state index contributed by atoms with van der Waals surface area (Å²) in [4.78, 5) is 13.7. The molecule has 0 saturated carbocycles. The lowest BCUT2D eigenvalue weighted by atomic mass is 10.2. The molecule has 0 radical (unpaired) electrons. The lowest BCUT2D eigenvalue weighted by Gasteiger charge is -2.35. The molecule has 1 aliphatic rings. The van der Waals surface area contributed by atoms with Gasteiger partial charge < -0.3 is 19.6 Å². The lowest BCUT2D eigenvalue weighted by molar-refractivity contribution is -0.274. The molecule has 2 rings (SSSR count). The van der Waals surface area contributed by atoms with E-state index in [-0.39, 0.29) is 18.8 Å². The van der Waals surface area contributed by atoms with Gasteiger partial charge in [-0.05, 0) is 12.1 Å². The fourth-order valence-corrected chi connectivity index (χ4v) is 2.07. The van der Waals surface area contributed by atoms with E-state index in [2.05, 4.69) is 4.74 Å². The predicted octanol–water partition coefficient (Wildman–Crippen LogP) is 2.39. The largest absolute Gasteiger partial charge is 0.573 e. The van der Waals surface area contributed by atoms with Gasteiger partial charge in [-0.1, -0.05) is 12.1 Å². The van der Waals surface area contributed by atoms with E-state index in [1.807, 2.05) is 0 Å². The number of alkyl halides is 3. The molecule has 0 aliphatic carbocycles. The fraction of sp³-hybridized carbons (Fsp3) is 0.417. The Morgan fingerprint density at radius 1 is 1.15 bits per heavy atom. The second-order valence-corrected chi connectivity index (χ2v) is 4.27. The average molecular weight is 290 g/mol. The zero-order valence-electron chi connectivity index (χ0n) is 10.4. The van der Waals surface area contributed by atoms with Crippen molar-refractivity contribution in [1.29, 1.82) is 0 Å². The third-order valence-corrected chi connectivity index (χ3v) is 2.98. The van der Waals surface area contributed by atoms with Crippen LogP contribution in [0.15, 0.2) is 24.3 Å². The number of carbonyl (C=O) groups is 1. The van der Waals surface area contributed by atoms with Crippen LogP contribution < -0.4 is 9.64 Å². The minimum atomic E-state index is -4.75. The molecule has 1 saturated heterocycles. The predicted molar refractivity (Wildman–Crippen MR) is 64.9 cm³/mol. The average Bonchev–Trinajstić information content (AvgIpc) is 2.37. The molecule has 8 heteroatoms. The summed E-state index contributed by atoms with van der Waals surface area (Å²) in [5.41, 5.74) is 0.315. The van der Waals surface area contributed by atoms with Gasteiger partial charge in [0.05, 0.1) is 5.69 Å². The molecule has 20 heavy (non-hydrogen) atoms. The van der Waals surface area contributed by atoms with Crippen molar-refractivity contribution >= 4 is 11.8 Å². The Bertz CT molecular complexity index is 485. The van der Waals surface area contributed by atoms with Gasteiger partial charge in [-0.15, -0.1) is 13.2 Å². The Kier molecular flexibility index (Phi) is 3.91. The lowest BCUT2D eigenvalue weighted by Crippen LogP contribution is -2.48. The summed E-state index contributed by atoms with van der Waals surface area (Å²) in [5, 5.41) is 8.84. The number of halogens is 3. The second-order valence-electron chi connectivity index (χ2n) is 4.27. The van der Waals surface area contributed by atoms with E-state index in [4.69, 9.17) is 5.11 Å². The molecule has 110 valence electrons. The zero-order chi connectivity index (χ0) is 14.8. The Morgan fingerprint density at radius 3 is 2.30 bits per heavy atom. The first kappa shape index (κ1) is 14.3. The second kappa shape index (κ2) is 5.48. The van der Waals surface area contributed by atoms with E-state index in [0.29, 0.717) is 18.8 Å². The maximum Gasteiger partial charge on any atom is 0.573 e.